The molecule has 0 bridgehead atoms. The van der Waals surface area contributed by atoms with E-state index in [1.807, 2.05) is 6.07 Å². The summed E-state index contributed by atoms with van der Waals surface area (Å²) >= 11 is 7.14. The molecule has 92 valence electrons. The molecule has 1 heterocycles. The van der Waals surface area contributed by atoms with Gasteiger partial charge in [0.1, 0.15) is 5.41 Å². The minimum atomic E-state index is -1.19. The fourth-order valence-electron chi connectivity index (χ4n) is 1.85. The Hall–Kier alpha value is -1.07. The van der Waals surface area contributed by atoms with Gasteiger partial charge >= 0.3 is 5.97 Å². The SMILES string of the molecule is O=C(O)C1(C(=O)NCc2ccc(Cl)s2)CCC1. The van der Waals surface area contributed by atoms with E-state index in [1.165, 1.54) is 11.3 Å². The molecule has 2 rings (SSSR count). The minimum absolute atomic E-state index is 0.339. The van der Waals surface area contributed by atoms with Gasteiger partial charge in [0, 0.05) is 4.88 Å². The van der Waals surface area contributed by atoms with Crippen LogP contribution in [0.2, 0.25) is 4.34 Å². The first-order valence-corrected chi connectivity index (χ1v) is 6.50. The van der Waals surface area contributed by atoms with Crippen molar-refractivity contribution >= 4 is 34.8 Å². The van der Waals surface area contributed by atoms with Crippen LogP contribution < -0.4 is 5.32 Å². The molecular formula is C11H12ClNO3S. The zero-order valence-electron chi connectivity index (χ0n) is 9.03. The lowest BCUT2D eigenvalue weighted by Crippen LogP contribution is -2.50. The Morgan fingerprint density at radius 2 is 2.18 bits per heavy atom. The fraction of sp³-hybridized carbons (Fsp3) is 0.455. The number of carbonyl (C=O) groups is 2. The van der Waals surface area contributed by atoms with E-state index in [0.717, 1.165) is 11.3 Å². The van der Waals surface area contributed by atoms with Crippen molar-refractivity contribution in [1.82, 2.24) is 5.32 Å². The Morgan fingerprint density at radius 3 is 2.59 bits per heavy atom. The van der Waals surface area contributed by atoms with Gasteiger partial charge in [-0.1, -0.05) is 18.0 Å². The standard InChI is InChI=1S/C11H12ClNO3S/c12-8-3-2-7(17-8)6-13-9(14)11(10(15)16)4-1-5-11/h2-3H,1,4-6H2,(H,13,14)(H,15,16). The molecule has 6 heteroatoms. The number of hydrogen-bond acceptors (Lipinski definition) is 3. The molecule has 0 radical (unpaired) electrons. The van der Waals surface area contributed by atoms with Crippen LogP contribution in [-0.4, -0.2) is 17.0 Å². The lowest BCUT2D eigenvalue weighted by Gasteiger charge is -2.35. The van der Waals surface area contributed by atoms with Crippen molar-refractivity contribution in [3.63, 3.8) is 0 Å². The van der Waals surface area contributed by atoms with Crippen LogP contribution in [0.15, 0.2) is 12.1 Å². The van der Waals surface area contributed by atoms with Gasteiger partial charge in [0.05, 0.1) is 10.9 Å². The molecule has 4 nitrogen and oxygen atoms in total. The van der Waals surface area contributed by atoms with Crippen LogP contribution in [0.1, 0.15) is 24.1 Å². The number of halogens is 1. The van der Waals surface area contributed by atoms with Crippen LogP contribution in [0.25, 0.3) is 0 Å². The van der Waals surface area contributed by atoms with E-state index in [2.05, 4.69) is 5.32 Å². The van der Waals surface area contributed by atoms with Crippen LogP contribution in [-0.2, 0) is 16.1 Å². The van der Waals surface area contributed by atoms with Gasteiger partial charge in [0.15, 0.2) is 0 Å². The molecule has 1 aliphatic rings. The highest BCUT2D eigenvalue weighted by Gasteiger charge is 2.50. The largest absolute Gasteiger partial charge is 0.480 e. The predicted molar refractivity (Wildman–Crippen MR) is 65.1 cm³/mol. The maximum Gasteiger partial charge on any atom is 0.319 e. The van der Waals surface area contributed by atoms with E-state index in [0.29, 0.717) is 23.7 Å². The van der Waals surface area contributed by atoms with Crippen LogP contribution in [0.4, 0.5) is 0 Å². The number of carboxylic acid groups (broad SMARTS) is 1. The van der Waals surface area contributed by atoms with Gasteiger partial charge in [0.25, 0.3) is 0 Å². The van der Waals surface area contributed by atoms with Crippen molar-refractivity contribution in [3.05, 3.63) is 21.3 Å². The molecule has 0 spiro atoms. The highest BCUT2D eigenvalue weighted by Crippen LogP contribution is 2.41. The molecule has 1 aliphatic carbocycles. The monoisotopic (exact) mass is 273 g/mol. The number of rotatable bonds is 4. The number of aliphatic carboxylic acids is 1. The van der Waals surface area contributed by atoms with Crippen molar-refractivity contribution < 1.29 is 14.7 Å². The molecule has 0 unspecified atom stereocenters. The summed E-state index contributed by atoms with van der Waals surface area (Å²) in [6.45, 7) is 0.339. The van der Waals surface area contributed by atoms with Gasteiger partial charge in [0.2, 0.25) is 5.91 Å². The topological polar surface area (TPSA) is 66.4 Å². The molecule has 1 saturated carbocycles. The van der Waals surface area contributed by atoms with Crippen LogP contribution in [0.5, 0.6) is 0 Å². The van der Waals surface area contributed by atoms with E-state index in [9.17, 15) is 9.59 Å². The van der Waals surface area contributed by atoms with Crippen LogP contribution in [0.3, 0.4) is 0 Å². The van der Waals surface area contributed by atoms with Crippen molar-refractivity contribution in [3.8, 4) is 0 Å². The van der Waals surface area contributed by atoms with Crippen LogP contribution >= 0.6 is 22.9 Å². The van der Waals surface area contributed by atoms with Crippen molar-refractivity contribution in [2.24, 2.45) is 5.41 Å². The summed E-state index contributed by atoms with van der Waals surface area (Å²) < 4.78 is 0.658. The van der Waals surface area contributed by atoms with E-state index >= 15 is 0 Å². The van der Waals surface area contributed by atoms with E-state index < -0.39 is 11.4 Å². The van der Waals surface area contributed by atoms with Crippen molar-refractivity contribution in [1.29, 1.82) is 0 Å². The fourth-order valence-corrected chi connectivity index (χ4v) is 2.88. The maximum absolute atomic E-state index is 11.8. The average molecular weight is 274 g/mol. The zero-order valence-corrected chi connectivity index (χ0v) is 10.6. The molecule has 1 amide bonds. The van der Waals surface area contributed by atoms with Gasteiger partial charge in [-0.3, -0.25) is 9.59 Å². The molecule has 1 aromatic rings. The Morgan fingerprint density at radius 1 is 1.47 bits per heavy atom. The first kappa shape index (κ1) is 12.4. The third-order valence-corrected chi connectivity index (χ3v) is 4.33. The lowest BCUT2D eigenvalue weighted by atomic mass is 9.68. The smallest absolute Gasteiger partial charge is 0.319 e. The van der Waals surface area contributed by atoms with Gasteiger partial charge in [-0.2, -0.15) is 0 Å². The zero-order chi connectivity index (χ0) is 12.5. The Bertz CT molecular complexity index is 453. The molecule has 2 N–H and O–H groups in total. The number of nitrogens with one attached hydrogen (secondary N) is 1. The highest BCUT2D eigenvalue weighted by molar-refractivity contribution is 7.16. The summed E-state index contributed by atoms with van der Waals surface area (Å²) in [5.41, 5.74) is -1.19. The summed E-state index contributed by atoms with van der Waals surface area (Å²) in [6, 6.07) is 3.57. The molecule has 1 aromatic heterocycles. The Balaban J connectivity index is 1.95. The number of hydrogen-bond donors (Lipinski definition) is 2. The quantitative estimate of drug-likeness (QED) is 0.827. The lowest BCUT2D eigenvalue weighted by molar-refractivity contribution is -0.162. The third-order valence-electron chi connectivity index (χ3n) is 3.10. The first-order valence-electron chi connectivity index (χ1n) is 5.30. The van der Waals surface area contributed by atoms with E-state index in [4.69, 9.17) is 16.7 Å². The van der Waals surface area contributed by atoms with Gasteiger partial charge in [-0.05, 0) is 25.0 Å². The summed E-state index contributed by atoms with van der Waals surface area (Å²) in [5.74, 6) is -1.41. The second kappa shape index (κ2) is 4.66. The molecule has 0 atom stereocenters. The van der Waals surface area contributed by atoms with Gasteiger partial charge in [-0.25, -0.2) is 0 Å². The Kier molecular flexibility index (Phi) is 3.40. The number of thiophene rings is 1. The first-order chi connectivity index (χ1) is 8.04. The van der Waals surface area contributed by atoms with Crippen molar-refractivity contribution in [2.45, 2.75) is 25.8 Å². The summed E-state index contributed by atoms with van der Waals surface area (Å²) in [4.78, 5) is 23.8. The summed E-state index contributed by atoms with van der Waals surface area (Å²) in [6.07, 6.45) is 1.66. The number of amides is 1. The van der Waals surface area contributed by atoms with E-state index in [1.54, 1.807) is 6.07 Å². The number of carboxylic acids is 1. The molecule has 0 saturated heterocycles. The predicted octanol–water partition coefficient (Wildman–Crippen LogP) is 2.27. The van der Waals surface area contributed by atoms with E-state index in [-0.39, 0.29) is 5.91 Å². The van der Waals surface area contributed by atoms with Gasteiger partial charge in [-0.15, -0.1) is 11.3 Å². The highest BCUT2D eigenvalue weighted by atomic mass is 35.5. The second-order valence-corrected chi connectivity index (χ2v) is 5.93. The summed E-state index contributed by atoms with van der Waals surface area (Å²) in [7, 11) is 0. The summed E-state index contributed by atoms with van der Waals surface area (Å²) in [5, 5.41) is 11.7. The second-order valence-electron chi connectivity index (χ2n) is 4.13. The normalized spacial score (nSPS) is 17.2. The molecular weight excluding hydrogens is 262 g/mol. The molecule has 17 heavy (non-hydrogen) atoms. The molecule has 1 fully saturated rings. The van der Waals surface area contributed by atoms with Gasteiger partial charge < -0.3 is 10.4 Å². The molecule has 0 aromatic carbocycles. The Labute approximate surface area is 108 Å². The molecule has 0 aliphatic heterocycles. The third kappa shape index (κ3) is 2.30. The maximum atomic E-state index is 11.8. The van der Waals surface area contributed by atoms with Crippen LogP contribution in [0, 0.1) is 5.41 Å². The number of carbonyl (C=O) groups excluding carboxylic acids is 1. The van der Waals surface area contributed by atoms with Crippen molar-refractivity contribution in [2.75, 3.05) is 0 Å². The minimum Gasteiger partial charge on any atom is -0.480 e. The average Bonchev–Trinajstić information content (AvgIpc) is 2.59.